The number of nitrogens with zero attached hydrogens (tertiary/aromatic N) is 3. The molecule has 90 valence electrons. The molecule has 0 saturated carbocycles. The van der Waals surface area contributed by atoms with Crippen LogP contribution in [0.2, 0.25) is 0 Å². The fourth-order valence-electron chi connectivity index (χ4n) is 1.81. The number of hydrogen-bond donors (Lipinski definition) is 1. The van der Waals surface area contributed by atoms with Crippen LogP contribution in [0.15, 0.2) is 10.9 Å². The summed E-state index contributed by atoms with van der Waals surface area (Å²) in [6.45, 7) is 5.36. The third-order valence-corrected chi connectivity index (χ3v) is 2.86. The minimum absolute atomic E-state index is 0.124. The number of H-pyrrole nitrogens is 1. The largest absolute Gasteiger partial charge is 0.349 e. The third-order valence-electron chi connectivity index (χ3n) is 2.86. The topological polar surface area (TPSA) is 80.1 Å². The molecular formula is C11H14N4O2. The average Bonchev–Trinajstić information content (AvgIpc) is 2.69. The van der Waals surface area contributed by atoms with Crippen LogP contribution in [0.5, 0.6) is 0 Å². The Morgan fingerprint density at radius 3 is 2.94 bits per heavy atom. The molecule has 2 rings (SSSR count). The van der Waals surface area contributed by atoms with Crippen LogP contribution in [0.1, 0.15) is 37.7 Å². The molecule has 0 bridgehead atoms. The second-order valence-corrected chi connectivity index (χ2v) is 3.99. The number of aryl methyl sites for hydroxylation is 1. The Balaban J connectivity index is 2.58. The second kappa shape index (κ2) is 4.12. The van der Waals surface area contributed by atoms with Crippen LogP contribution in [-0.2, 0) is 4.79 Å². The SMILES string of the molecule is CCC(=O)C(C)c1cc2n[nH]c(=O)n2c(C)n1. The highest BCUT2D eigenvalue weighted by atomic mass is 16.1. The summed E-state index contributed by atoms with van der Waals surface area (Å²) in [4.78, 5) is 27.3. The summed E-state index contributed by atoms with van der Waals surface area (Å²) in [7, 11) is 0. The van der Waals surface area contributed by atoms with Crippen molar-refractivity contribution in [3.05, 3.63) is 28.1 Å². The van der Waals surface area contributed by atoms with Crippen molar-refractivity contribution in [3.8, 4) is 0 Å². The van der Waals surface area contributed by atoms with E-state index in [0.717, 1.165) is 0 Å². The molecule has 0 aliphatic rings. The van der Waals surface area contributed by atoms with E-state index in [-0.39, 0.29) is 17.4 Å². The maximum Gasteiger partial charge on any atom is 0.349 e. The first-order chi connectivity index (χ1) is 8.04. The first-order valence-corrected chi connectivity index (χ1v) is 5.52. The van der Waals surface area contributed by atoms with E-state index in [4.69, 9.17) is 0 Å². The van der Waals surface area contributed by atoms with Gasteiger partial charge in [0, 0.05) is 12.5 Å². The smallest absolute Gasteiger partial charge is 0.299 e. The number of carbonyl (C=O) groups is 1. The lowest BCUT2D eigenvalue weighted by molar-refractivity contribution is -0.119. The minimum atomic E-state index is -0.314. The summed E-state index contributed by atoms with van der Waals surface area (Å²) in [6, 6.07) is 1.67. The van der Waals surface area contributed by atoms with Crippen LogP contribution in [0, 0.1) is 6.92 Å². The Kier molecular flexibility index (Phi) is 2.79. The fraction of sp³-hybridized carbons (Fsp3) is 0.455. The van der Waals surface area contributed by atoms with Crippen molar-refractivity contribution in [1.82, 2.24) is 19.6 Å². The lowest BCUT2D eigenvalue weighted by Crippen LogP contribution is -2.16. The van der Waals surface area contributed by atoms with Crippen molar-refractivity contribution in [2.75, 3.05) is 0 Å². The van der Waals surface area contributed by atoms with E-state index in [1.807, 2.05) is 13.8 Å². The maximum absolute atomic E-state index is 11.6. The van der Waals surface area contributed by atoms with E-state index >= 15 is 0 Å². The van der Waals surface area contributed by atoms with E-state index in [1.54, 1.807) is 13.0 Å². The number of fused-ring (bicyclic) bond motifs is 1. The summed E-state index contributed by atoms with van der Waals surface area (Å²) in [6.07, 6.45) is 0.473. The van der Waals surface area contributed by atoms with Gasteiger partial charge in [-0.1, -0.05) is 6.92 Å². The number of nitrogens with one attached hydrogen (secondary N) is 1. The molecule has 0 aliphatic heterocycles. The Labute approximate surface area is 97.7 Å². The molecule has 6 nitrogen and oxygen atoms in total. The average molecular weight is 234 g/mol. The number of carbonyl (C=O) groups excluding carboxylic acids is 1. The predicted molar refractivity (Wildman–Crippen MR) is 62.1 cm³/mol. The Morgan fingerprint density at radius 1 is 1.59 bits per heavy atom. The van der Waals surface area contributed by atoms with Gasteiger partial charge in [0.05, 0.1) is 11.6 Å². The molecule has 2 aromatic rings. The van der Waals surface area contributed by atoms with Crippen molar-refractivity contribution in [1.29, 1.82) is 0 Å². The molecule has 0 radical (unpaired) electrons. The first-order valence-electron chi connectivity index (χ1n) is 5.52. The Bertz CT molecular complexity index is 626. The highest BCUT2D eigenvalue weighted by molar-refractivity contribution is 5.84. The molecule has 0 aromatic carbocycles. The third kappa shape index (κ3) is 1.86. The zero-order valence-electron chi connectivity index (χ0n) is 10.0. The minimum Gasteiger partial charge on any atom is -0.299 e. The molecule has 0 aliphatic carbocycles. The van der Waals surface area contributed by atoms with Crippen molar-refractivity contribution in [2.24, 2.45) is 0 Å². The van der Waals surface area contributed by atoms with Crippen molar-refractivity contribution in [2.45, 2.75) is 33.1 Å². The molecule has 0 amide bonds. The van der Waals surface area contributed by atoms with Crippen molar-refractivity contribution >= 4 is 11.4 Å². The first kappa shape index (κ1) is 11.5. The molecule has 0 spiro atoms. The molecule has 1 atom stereocenters. The normalized spacial score (nSPS) is 12.9. The van der Waals surface area contributed by atoms with Crippen molar-refractivity contribution < 1.29 is 4.79 Å². The fourth-order valence-corrected chi connectivity index (χ4v) is 1.81. The lowest BCUT2D eigenvalue weighted by atomic mass is 10.0. The lowest BCUT2D eigenvalue weighted by Gasteiger charge is -2.09. The van der Waals surface area contributed by atoms with Gasteiger partial charge in [0.25, 0.3) is 0 Å². The van der Waals surface area contributed by atoms with Crippen LogP contribution >= 0.6 is 0 Å². The van der Waals surface area contributed by atoms with Gasteiger partial charge in [0.1, 0.15) is 11.6 Å². The van der Waals surface area contributed by atoms with Gasteiger partial charge in [-0.2, -0.15) is 5.10 Å². The number of ketones is 1. The van der Waals surface area contributed by atoms with Crippen LogP contribution in [-0.4, -0.2) is 25.4 Å². The Hall–Kier alpha value is -1.98. The van der Waals surface area contributed by atoms with Crippen LogP contribution < -0.4 is 5.69 Å². The summed E-state index contributed by atoms with van der Waals surface area (Å²) < 4.78 is 1.38. The van der Waals surface area contributed by atoms with Gasteiger partial charge >= 0.3 is 5.69 Å². The summed E-state index contributed by atoms with van der Waals surface area (Å²) in [5.41, 5.74) is 0.833. The molecule has 2 heterocycles. The molecule has 1 unspecified atom stereocenters. The van der Waals surface area contributed by atoms with Gasteiger partial charge in [-0.15, -0.1) is 0 Å². The monoisotopic (exact) mass is 234 g/mol. The molecule has 1 N–H and O–H groups in total. The van der Waals surface area contributed by atoms with Gasteiger partial charge in [0.2, 0.25) is 0 Å². The van der Waals surface area contributed by atoms with E-state index in [9.17, 15) is 9.59 Å². The zero-order valence-corrected chi connectivity index (χ0v) is 10.0. The molecule has 2 aromatic heterocycles. The molecule has 6 heteroatoms. The van der Waals surface area contributed by atoms with E-state index in [2.05, 4.69) is 15.2 Å². The maximum atomic E-state index is 11.6. The predicted octanol–water partition coefficient (Wildman–Crippen LogP) is 0.809. The van der Waals surface area contributed by atoms with Gasteiger partial charge in [0.15, 0.2) is 5.65 Å². The van der Waals surface area contributed by atoms with Crippen LogP contribution in [0.3, 0.4) is 0 Å². The number of rotatable bonds is 3. The molecular weight excluding hydrogens is 220 g/mol. The number of aromatic amines is 1. The number of hydrogen-bond acceptors (Lipinski definition) is 4. The quantitative estimate of drug-likeness (QED) is 0.852. The van der Waals surface area contributed by atoms with E-state index < -0.39 is 0 Å². The van der Waals surface area contributed by atoms with Gasteiger partial charge < -0.3 is 0 Å². The summed E-state index contributed by atoms with van der Waals surface area (Å²) in [5.74, 6) is 0.390. The summed E-state index contributed by atoms with van der Waals surface area (Å²) >= 11 is 0. The van der Waals surface area contributed by atoms with E-state index in [0.29, 0.717) is 23.6 Å². The molecule has 0 fully saturated rings. The van der Waals surface area contributed by atoms with E-state index in [1.165, 1.54) is 4.40 Å². The van der Waals surface area contributed by atoms with Gasteiger partial charge in [-0.3, -0.25) is 4.79 Å². The summed E-state index contributed by atoms with van der Waals surface area (Å²) in [5, 5.41) is 6.24. The Morgan fingerprint density at radius 2 is 2.29 bits per heavy atom. The highest BCUT2D eigenvalue weighted by Crippen LogP contribution is 2.16. The van der Waals surface area contributed by atoms with Crippen molar-refractivity contribution in [3.63, 3.8) is 0 Å². The second-order valence-electron chi connectivity index (χ2n) is 3.99. The standard InChI is InChI=1S/C11H14N4O2/c1-4-9(16)6(2)8-5-10-13-14-11(17)15(10)7(3)12-8/h5-6H,4H2,1-3H3,(H,14,17). The molecule has 0 saturated heterocycles. The number of Topliss-reactive ketones (excluding diaryl/α,β-unsaturated/α-hetero) is 1. The highest BCUT2D eigenvalue weighted by Gasteiger charge is 2.17. The van der Waals surface area contributed by atoms with Crippen LogP contribution in [0.4, 0.5) is 0 Å². The van der Waals surface area contributed by atoms with Gasteiger partial charge in [-0.05, 0) is 13.8 Å². The molecule has 17 heavy (non-hydrogen) atoms. The van der Waals surface area contributed by atoms with Gasteiger partial charge in [-0.25, -0.2) is 19.3 Å². The van der Waals surface area contributed by atoms with Crippen LogP contribution in [0.25, 0.3) is 5.65 Å². The number of aromatic nitrogens is 4. The zero-order chi connectivity index (χ0) is 12.6.